The molecule has 4 nitrogen and oxygen atoms in total. The first-order valence-corrected chi connectivity index (χ1v) is 8.37. The predicted molar refractivity (Wildman–Crippen MR) is 88.4 cm³/mol. The van der Waals surface area contributed by atoms with Crippen molar-refractivity contribution < 1.29 is 4.74 Å². The first-order chi connectivity index (χ1) is 9.52. The molecule has 0 spiro atoms. The monoisotopic (exact) mass is 359 g/mol. The molecule has 0 saturated carbocycles. The fraction of sp³-hybridized carbons (Fsp3) is 0.643. The third-order valence-electron chi connectivity index (χ3n) is 3.57. The molecule has 0 aliphatic carbocycles. The van der Waals surface area contributed by atoms with E-state index < -0.39 is 0 Å². The fourth-order valence-electron chi connectivity index (χ4n) is 2.27. The molecule has 1 N–H and O–H groups in total. The lowest BCUT2D eigenvalue weighted by Crippen LogP contribution is -2.43. The van der Waals surface area contributed by atoms with Gasteiger partial charge in [0.2, 0.25) is 0 Å². The Kier molecular flexibility index (Phi) is 5.46. The van der Waals surface area contributed by atoms with Gasteiger partial charge in [-0.3, -0.25) is 4.99 Å². The molecule has 1 aliphatic heterocycles. The van der Waals surface area contributed by atoms with Crippen LogP contribution in [-0.2, 0) is 11.3 Å². The molecule has 6 heteroatoms. The molecule has 0 radical (unpaired) electrons. The van der Waals surface area contributed by atoms with Crippen molar-refractivity contribution in [2.24, 2.45) is 10.4 Å². The normalized spacial score (nSPS) is 23.1. The molecule has 1 aromatic heterocycles. The summed E-state index contributed by atoms with van der Waals surface area (Å²) in [5.41, 5.74) is 0.225. The van der Waals surface area contributed by atoms with Gasteiger partial charge in [-0.15, -0.1) is 11.3 Å². The second-order valence-corrected chi connectivity index (χ2v) is 8.12. The largest absolute Gasteiger partial charge is 0.381 e. The van der Waals surface area contributed by atoms with Crippen molar-refractivity contribution in [2.75, 3.05) is 33.9 Å². The van der Waals surface area contributed by atoms with Crippen LogP contribution < -0.4 is 5.32 Å². The second-order valence-electron chi connectivity index (χ2n) is 5.58. The molecule has 0 bridgehead atoms. The number of nitrogens with zero attached hydrogens (tertiary/aromatic N) is 2. The summed E-state index contributed by atoms with van der Waals surface area (Å²) in [6.45, 7) is 5.73. The Labute approximate surface area is 133 Å². The lowest BCUT2D eigenvalue weighted by atomic mass is 9.90. The standard InChI is InChI=1S/C14H22BrN3OS/c1-14(6-7-19-10-14)9-17-13(16-2)18(3)8-11-4-5-12(15)20-11/h4-5H,6-10H2,1-3H3,(H,16,17). The average Bonchev–Trinajstić information content (AvgIpc) is 3.00. The van der Waals surface area contributed by atoms with E-state index >= 15 is 0 Å². The van der Waals surface area contributed by atoms with Crippen LogP contribution in [0.5, 0.6) is 0 Å². The zero-order valence-corrected chi connectivity index (χ0v) is 14.7. The molecule has 1 aromatic rings. The summed E-state index contributed by atoms with van der Waals surface area (Å²) in [5, 5.41) is 3.47. The van der Waals surface area contributed by atoms with Gasteiger partial charge in [-0.2, -0.15) is 0 Å². The lowest BCUT2D eigenvalue weighted by molar-refractivity contribution is 0.160. The van der Waals surface area contributed by atoms with E-state index in [1.807, 2.05) is 7.05 Å². The van der Waals surface area contributed by atoms with Crippen LogP contribution in [0.25, 0.3) is 0 Å². The molecule has 1 saturated heterocycles. The first-order valence-electron chi connectivity index (χ1n) is 6.76. The molecule has 0 aromatic carbocycles. The van der Waals surface area contributed by atoms with E-state index in [0.717, 1.165) is 38.7 Å². The van der Waals surface area contributed by atoms with E-state index in [2.05, 4.69) is 57.2 Å². The maximum atomic E-state index is 5.49. The number of nitrogens with one attached hydrogen (secondary N) is 1. The minimum Gasteiger partial charge on any atom is -0.381 e. The highest BCUT2D eigenvalue weighted by atomic mass is 79.9. The summed E-state index contributed by atoms with van der Waals surface area (Å²) in [6, 6.07) is 4.23. The van der Waals surface area contributed by atoms with Gasteiger partial charge in [0.05, 0.1) is 16.9 Å². The van der Waals surface area contributed by atoms with Crippen molar-refractivity contribution in [3.8, 4) is 0 Å². The lowest BCUT2D eigenvalue weighted by Gasteiger charge is -2.27. The molecular formula is C14H22BrN3OS. The number of aliphatic imine (C=N–C) groups is 1. The van der Waals surface area contributed by atoms with Crippen LogP contribution in [0.3, 0.4) is 0 Å². The van der Waals surface area contributed by atoms with Crippen LogP contribution in [0.4, 0.5) is 0 Å². The van der Waals surface area contributed by atoms with Gasteiger partial charge < -0.3 is 15.0 Å². The summed E-state index contributed by atoms with van der Waals surface area (Å²) in [4.78, 5) is 7.83. The average molecular weight is 360 g/mol. The minimum atomic E-state index is 0.225. The van der Waals surface area contributed by atoms with Crippen LogP contribution in [0, 0.1) is 5.41 Å². The van der Waals surface area contributed by atoms with Crippen LogP contribution in [0.2, 0.25) is 0 Å². The number of thiophene rings is 1. The van der Waals surface area contributed by atoms with Crippen molar-refractivity contribution in [3.05, 3.63) is 20.8 Å². The number of guanidine groups is 1. The molecule has 20 heavy (non-hydrogen) atoms. The molecule has 2 heterocycles. The number of hydrogen-bond acceptors (Lipinski definition) is 3. The summed E-state index contributed by atoms with van der Waals surface area (Å²) in [6.07, 6.45) is 1.11. The Morgan fingerprint density at radius 2 is 2.40 bits per heavy atom. The first kappa shape index (κ1) is 15.8. The highest BCUT2D eigenvalue weighted by Gasteiger charge is 2.30. The predicted octanol–water partition coefficient (Wildman–Crippen LogP) is 2.94. The molecule has 0 amide bonds. The van der Waals surface area contributed by atoms with E-state index in [0.29, 0.717) is 0 Å². The van der Waals surface area contributed by atoms with Crippen LogP contribution >= 0.6 is 27.3 Å². The Bertz CT molecular complexity index is 469. The van der Waals surface area contributed by atoms with E-state index in [-0.39, 0.29) is 5.41 Å². The van der Waals surface area contributed by atoms with E-state index in [1.165, 1.54) is 8.66 Å². The molecule has 2 rings (SSSR count). The van der Waals surface area contributed by atoms with Gasteiger partial charge in [0, 0.05) is 37.5 Å². The van der Waals surface area contributed by atoms with Crippen molar-refractivity contribution in [2.45, 2.75) is 19.9 Å². The fourth-order valence-corrected chi connectivity index (χ4v) is 3.81. The molecule has 1 unspecified atom stereocenters. The molecule has 1 aliphatic rings. The summed E-state index contributed by atoms with van der Waals surface area (Å²) < 4.78 is 6.65. The number of rotatable bonds is 4. The summed E-state index contributed by atoms with van der Waals surface area (Å²) >= 11 is 5.26. The smallest absolute Gasteiger partial charge is 0.193 e. The van der Waals surface area contributed by atoms with Crippen molar-refractivity contribution in [3.63, 3.8) is 0 Å². The number of halogens is 1. The maximum Gasteiger partial charge on any atom is 0.193 e. The number of ether oxygens (including phenoxy) is 1. The maximum absolute atomic E-state index is 5.49. The highest BCUT2D eigenvalue weighted by molar-refractivity contribution is 9.11. The van der Waals surface area contributed by atoms with Crippen molar-refractivity contribution in [1.82, 2.24) is 10.2 Å². The molecular weight excluding hydrogens is 338 g/mol. The highest BCUT2D eigenvalue weighted by Crippen LogP contribution is 2.27. The van der Waals surface area contributed by atoms with E-state index in [1.54, 1.807) is 11.3 Å². The van der Waals surface area contributed by atoms with Gasteiger partial charge in [0.1, 0.15) is 0 Å². The van der Waals surface area contributed by atoms with Gasteiger partial charge in [-0.05, 0) is 34.5 Å². The topological polar surface area (TPSA) is 36.9 Å². The van der Waals surface area contributed by atoms with Gasteiger partial charge in [0.15, 0.2) is 5.96 Å². The Balaban J connectivity index is 1.87. The third-order valence-corrected chi connectivity index (χ3v) is 5.18. The Morgan fingerprint density at radius 3 is 2.95 bits per heavy atom. The van der Waals surface area contributed by atoms with E-state index in [9.17, 15) is 0 Å². The zero-order valence-electron chi connectivity index (χ0n) is 12.3. The molecule has 1 fully saturated rings. The van der Waals surface area contributed by atoms with Gasteiger partial charge >= 0.3 is 0 Å². The Hall–Kier alpha value is -0.590. The van der Waals surface area contributed by atoms with Crippen molar-refractivity contribution in [1.29, 1.82) is 0 Å². The second kappa shape index (κ2) is 6.91. The van der Waals surface area contributed by atoms with Gasteiger partial charge in [-0.1, -0.05) is 6.92 Å². The van der Waals surface area contributed by atoms with Gasteiger partial charge in [-0.25, -0.2) is 0 Å². The summed E-state index contributed by atoms with van der Waals surface area (Å²) in [7, 11) is 3.90. The van der Waals surface area contributed by atoms with Gasteiger partial charge in [0.25, 0.3) is 0 Å². The van der Waals surface area contributed by atoms with E-state index in [4.69, 9.17) is 4.74 Å². The van der Waals surface area contributed by atoms with Crippen LogP contribution in [0.1, 0.15) is 18.2 Å². The van der Waals surface area contributed by atoms with Crippen LogP contribution in [0.15, 0.2) is 20.9 Å². The minimum absolute atomic E-state index is 0.225. The zero-order chi connectivity index (χ0) is 14.6. The SMILES string of the molecule is CN=C(NCC1(C)CCOC1)N(C)Cc1ccc(Br)s1. The Morgan fingerprint density at radius 1 is 1.60 bits per heavy atom. The molecule has 112 valence electrons. The number of hydrogen-bond donors (Lipinski definition) is 1. The van der Waals surface area contributed by atoms with Crippen LogP contribution in [-0.4, -0.2) is 44.7 Å². The summed E-state index contributed by atoms with van der Waals surface area (Å²) in [5.74, 6) is 0.933. The quantitative estimate of drug-likeness (QED) is 0.663. The third kappa shape index (κ3) is 4.20. The molecule has 1 atom stereocenters. The van der Waals surface area contributed by atoms with Crippen molar-refractivity contribution >= 4 is 33.2 Å².